The molecule has 0 heterocycles. The maximum absolute atomic E-state index is 12.5. The highest BCUT2D eigenvalue weighted by Crippen LogP contribution is 2.62. The summed E-state index contributed by atoms with van der Waals surface area (Å²) in [6.07, 6.45) is 6.30. The zero-order chi connectivity index (χ0) is 19.2. The molecule has 5 heteroatoms. The highest BCUT2D eigenvalue weighted by molar-refractivity contribution is 5.95. The van der Waals surface area contributed by atoms with Crippen molar-refractivity contribution in [2.24, 2.45) is 17.3 Å². The Morgan fingerprint density at radius 2 is 1.81 bits per heavy atom. The number of benzene rings is 1. The molecule has 5 nitrogen and oxygen atoms in total. The number of carbonyl (C=O) groups is 2. The highest BCUT2D eigenvalue weighted by atomic mass is 16.3. The van der Waals surface area contributed by atoms with Gasteiger partial charge >= 0.3 is 0 Å². The summed E-state index contributed by atoms with van der Waals surface area (Å²) in [7, 11) is 0. The Balaban J connectivity index is 1.31. The molecule has 4 aliphatic rings. The topological polar surface area (TPSA) is 78.4 Å². The molecule has 146 valence electrons. The lowest BCUT2D eigenvalue weighted by Crippen LogP contribution is -2.56. The number of aliphatic hydroxyl groups is 1. The molecule has 4 fully saturated rings. The first kappa shape index (κ1) is 18.5. The quantitative estimate of drug-likeness (QED) is 0.745. The molecule has 27 heavy (non-hydrogen) atoms. The average molecular weight is 370 g/mol. The maximum Gasteiger partial charge on any atom is 0.243 e. The Morgan fingerprint density at radius 3 is 2.48 bits per heavy atom. The Labute approximate surface area is 160 Å². The molecule has 4 saturated carbocycles. The molecule has 4 bridgehead atoms. The minimum Gasteiger partial charge on any atom is -0.390 e. The zero-order valence-corrected chi connectivity index (χ0v) is 16.3. The van der Waals surface area contributed by atoms with Crippen molar-refractivity contribution in [2.75, 3.05) is 11.9 Å². The van der Waals surface area contributed by atoms with Crippen LogP contribution in [0.5, 0.6) is 0 Å². The van der Waals surface area contributed by atoms with Gasteiger partial charge in [-0.3, -0.25) is 9.59 Å². The van der Waals surface area contributed by atoms with E-state index >= 15 is 0 Å². The molecule has 0 saturated heterocycles. The lowest BCUT2D eigenvalue weighted by Gasteiger charge is -2.60. The van der Waals surface area contributed by atoms with Gasteiger partial charge in [-0.2, -0.15) is 0 Å². The van der Waals surface area contributed by atoms with E-state index in [0.29, 0.717) is 18.3 Å². The summed E-state index contributed by atoms with van der Waals surface area (Å²) in [5.74, 6) is 0.853. The van der Waals surface area contributed by atoms with Gasteiger partial charge in [0.1, 0.15) is 0 Å². The Hall–Kier alpha value is -1.88. The Morgan fingerprint density at radius 1 is 1.11 bits per heavy atom. The Kier molecular flexibility index (Phi) is 4.53. The van der Waals surface area contributed by atoms with Gasteiger partial charge in [-0.1, -0.05) is 12.1 Å². The number of rotatable bonds is 5. The monoisotopic (exact) mass is 370 g/mol. The summed E-state index contributed by atoms with van der Waals surface area (Å²) in [6.45, 7) is 3.97. The van der Waals surface area contributed by atoms with Crippen molar-refractivity contribution in [3.05, 3.63) is 29.3 Å². The van der Waals surface area contributed by atoms with Gasteiger partial charge < -0.3 is 15.7 Å². The third kappa shape index (κ3) is 3.75. The van der Waals surface area contributed by atoms with Gasteiger partial charge in [0.25, 0.3) is 0 Å². The van der Waals surface area contributed by atoms with Gasteiger partial charge in [-0.25, -0.2) is 0 Å². The maximum atomic E-state index is 12.5. The molecule has 5 rings (SSSR count). The summed E-state index contributed by atoms with van der Waals surface area (Å²) in [5, 5.41) is 16.5. The van der Waals surface area contributed by atoms with Gasteiger partial charge in [-0.15, -0.1) is 0 Å². The molecule has 1 aromatic carbocycles. The lowest BCUT2D eigenvalue weighted by atomic mass is 9.47. The van der Waals surface area contributed by atoms with Crippen molar-refractivity contribution in [3.63, 3.8) is 0 Å². The van der Waals surface area contributed by atoms with Crippen molar-refractivity contribution in [1.29, 1.82) is 0 Å². The van der Waals surface area contributed by atoms with E-state index in [9.17, 15) is 14.7 Å². The number of amides is 2. The van der Waals surface area contributed by atoms with Crippen molar-refractivity contribution in [3.8, 4) is 0 Å². The lowest BCUT2D eigenvalue weighted by molar-refractivity contribution is -0.169. The van der Waals surface area contributed by atoms with Crippen LogP contribution in [-0.2, 0) is 9.59 Å². The molecule has 2 atom stereocenters. The Bertz CT molecular complexity index is 759. The first-order valence-corrected chi connectivity index (χ1v) is 10.1. The van der Waals surface area contributed by atoms with E-state index in [-0.39, 0.29) is 23.8 Å². The van der Waals surface area contributed by atoms with Crippen LogP contribution in [0.3, 0.4) is 0 Å². The fourth-order valence-corrected chi connectivity index (χ4v) is 6.27. The molecule has 0 spiro atoms. The third-order valence-electron chi connectivity index (χ3n) is 7.01. The zero-order valence-electron chi connectivity index (χ0n) is 16.3. The van der Waals surface area contributed by atoms with Crippen molar-refractivity contribution < 1.29 is 14.7 Å². The summed E-state index contributed by atoms with van der Waals surface area (Å²) in [4.78, 5) is 24.8. The second-order valence-corrected chi connectivity index (χ2v) is 9.43. The fraction of sp³-hybridized carbons (Fsp3) is 0.636. The molecular weight excluding hydrogens is 340 g/mol. The average Bonchev–Trinajstić information content (AvgIpc) is 2.54. The van der Waals surface area contributed by atoms with Crippen LogP contribution in [0.4, 0.5) is 5.69 Å². The van der Waals surface area contributed by atoms with Crippen molar-refractivity contribution >= 4 is 17.5 Å². The van der Waals surface area contributed by atoms with E-state index in [0.717, 1.165) is 48.9 Å². The van der Waals surface area contributed by atoms with Gasteiger partial charge in [-0.05, 0) is 86.8 Å². The smallest absolute Gasteiger partial charge is 0.243 e. The number of carbonyl (C=O) groups excluding carboxylic acids is 2. The second kappa shape index (κ2) is 6.62. The normalized spacial score (nSPS) is 33.7. The first-order chi connectivity index (χ1) is 12.8. The van der Waals surface area contributed by atoms with Crippen molar-refractivity contribution in [1.82, 2.24) is 5.32 Å². The SMILES string of the molecule is Cc1cccc(NC(=O)CNC(=O)CC23CC4CC(CC(O)(C4)C2)C3)c1C. The number of hydrogen-bond acceptors (Lipinski definition) is 3. The van der Waals surface area contributed by atoms with Crippen LogP contribution in [0.2, 0.25) is 0 Å². The fourth-order valence-electron chi connectivity index (χ4n) is 6.27. The van der Waals surface area contributed by atoms with Gasteiger partial charge in [0, 0.05) is 12.1 Å². The van der Waals surface area contributed by atoms with Gasteiger partial charge in [0.15, 0.2) is 0 Å². The molecular formula is C22H30N2O3. The molecule has 4 aliphatic carbocycles. The molecule has 3 N–H and O–H groups in total. The molecule has 0 radical (unpaired) electrons. The van der Waals surface area contributed by atoms with E-state index in [1.54, 1.807) is 0 Å². The molecule has 1 aromatic rings. The standard InChI is InChI=1S/C22H30N2O3/c1-14-4-3-5-18(15(14)2)24-20(26)12-23-19(25)11-21-7-16-6-17(8-21)10-22(27,9-16)13-21/h3-5,16-17,27H,6-13H2,1-2H3,(H,23,25)(H,24,26). The number of hydrogen-bond donors (Lipinski definition) is 3. The minimum atomic E-state index is -0.551. The summed E-state index contributed by atoms with van der Waals surface area (Å²) in [6, 6.07) is 5.79. The van der Waals surface area contributed by atoms with E-state index < -0.39 is 5.60 Å². The van der Waals surface area contributed by atoms with Crippen molar-refractivity contribution in [2.45, 2.75) is 64.4 Å². The summed E-state index contributed by atoms with van der Waals surface area (Å²) in [5.41, 5.74) is 2.34. The second-order valence-electron chi connectivity index (χ2n) is 9.43. The van der Waals surface area contributed by atoms with E-state index in [1.807, 2.05) is 32.0 Å². The molecule has 2 amide bonds. The largest absolute Gasteiger partial charge is 0.390 e. The molecule has 0 aromatic heterocycles. The molecule has 2 unspecified atom stereocenters. The van der Waals surface area contributed by atoms with Crippen LogP contribution in [0, 0.1) is 31.1 Å². The van der Waals surface area contributed by atoms with Crippen LogP contribution in [0.25, 0.3) is 0 Å². The van der Waals surface area contributed by atoms with E-state index in [1.165, 1.54) is 6.42 Å². The first-order valence-electron chi connectivity index (χ1n) is 10.1. The van der Waals surface area contributed by atoms with Crippen LogP contribution in [-0.4, -0.2) is 29.1 Å². The van der Waals surface area contributed by atoms with Crippen LogP contribution in [0.1, 0.15) is 56.1 Å². The van der Waals surface area contributed by atoms with E-state index in [4.69, 9.17) is 0 Å². The summed E-state index contributed by atoms with van der Waals surface area (Å²) < 4.78 is 0. The predicted octanol–water partition coefficient (Wildman–Crippen LogP) is 3.08. The van der Waals surface area contributed by atoms with Crippen LogP contribution < -0.4 is 10.6 Å². The minimum absolute atomic E-state index is 0.0145. The third-order valence-corrected chi connectivity index (χ3v) is 7.01. The summed E-state index contributed by atoms with van der Waals surface area (Å²) >= 11 is 0. The van der Waals surface area contributed by atoms with Gasteiger partial charge in [0.05, 0.1) is 12.1 Å². The number of anilines is 1. The van der Waals surface area contributed by atoms with Crippen LogP contribution in [0.15, 0.2) is 18.2 Å². The highest BCUT2D eigenvalue weighted by Gasteiger charge is 2.57. The number of aryl methyl sites for hydroxylation is 1. The molecule has 0 aliphatic heterocycles. The van der Waals surface area contributed by atoms with Gasteiger partial charge in [0.2, 0.25) is 11.8 Å². The predicted molar refractivity (Wildman–Crippen MR) is 104 cm³/mol. The number of nitrogens with one attached hydrogen (secondary N) is 2. The van der Waals surface area contributed by atoms with Crippen LogP contribution >= 0.6 is 0 Å². The van der Waals surface area contributed by atoms with E-state index in [2.05, 4.69) is 10.6 Å².